The molecule has 0 heterocycles. The van der Waals surface area contributed by atoms with Gasteiger partial charge in [0.05, 0.1) is 0 Å². The average Bonchev–Trinajstić information content (AvgIpc) is 2.70. The minimum atomic E-state index is 0.921. The van der Waals surface area contributed by atoms with Crippen LogP contribution in [-0.2, 0) is 0 Å². The van der Waals surface area contributed by atoms with Gasteiger partial charge in [-0.3, -0.25) is 0 Å². The van der Waals surface area contributed by atoms with E-state index in [0.717, 1.165) is 26.1 Å². The van der Waals surface area contributed by atoms with E-state index in [-0.39, 0.29) is 0 Å². The lowest BCUT2D eigenvalue weighted by Crippen LogP contribution is -2.25. The first-order chi connectivity index (χ1) is 12.4. The van der Waals surface area contributed by atoms with Crippen molar-refractivity contribution in [2.45, 2.75) is 63.4 Å². The summed E-state index contributed by atoms with van der Waals surface area (Å²) in [6.07, 6.45) is 13.4. The van der Waals surface area contributed by atoms with Gasteiger partial charge in [-0.15, -0.1) is 0 Å². The normalized spacial score (nSPS) is 25.4. The average molecular weight is 350 g/mol. The molecule has 4 rings (SSSR count). The van der Waals surface area contributed by atoms with Crippen molar-refractivity contribution < 1.29 is 0 Å². The maximum absolute atomic E-state index is 2.37. The third-order valence-electron chi connectivity index (χ3n) is 6.46. The molecule has 0 spiro atoms. The van der Waals surface area contributed by atoms with E-state index in [1.54, 1.807) is 5.30 Å². The van der Waals surface area contributed by atoms with Crippen molar-refractivity contribution in [2.75, 3.05) is 0 Å². The van der Waals surface area contributed by atoms with E-state index >= 15 is 0 Å². The fraction of sp³-hybridized carbons (Fsp3) is 0.500. The summed E-state index contributed by atoms with van der Waals surface area (Å²) in [6.45, 7) is 0. The van der Waals surface area contributed by atoms with Gasteiger partial charge in [-0.1, -0.05) is 95.3 Å². The first kappa shape index (κ1) is 17.3. The highest BCUT2D eigenvalue weighted by atomic mass is 31.1. The zero-order valence-corrected chi connectivity index (χ0v) is 16.3. The van der Waals surface area contributed by atoms with Crippen LogP contribution in [0.15, 0.2) is 54.6 Å². The third kappa shape index (κ3) is 4.35. The molecule has 0 amide bonds. The Morgan fingerprint density at radius 3 is 2.00 bits per heavy atom. The van der Waals surface area contributed by atoms with Crippen molar-refractivity contribution in [3.05, 3.63) is 54.6 Å². The molecule has 0 N–H and O–H groups in total. The van der Waals surface area contributed by atoms with Crippen LogP contribution in [0.4, 0.5) is 0 Å². The van der Waals surface area contributed by atoms with E-state index in [2.05, 4.69) is 54.6 Å². The van der Waals surface area contributed by atoms with Crippen LogP contribution >= 0.6 is 8.58 Å². The lowest BCUT2D eigenvalue weighted by atomic mass is 9.73. The second-order valence-electron chi connectivity index (χ2n) is 8.07. The fourth-order valence-electron chi connectivity index (χ4n) is 5.04. The molecular weight excluding hydrogens is 319 g/mol. The lowest BCUT2D eigenvalue weighted by Gasteiger charge is -2.36. The molecule has 0 aliphatic heterocycles. The standard InChI is InChI=1S/C24H31P/c1-3-9-19(10-4-1)20-15-17-22(18-16-20)25-24-14-8-7-13-23(24)21-11-5-2-6-12-21/h2,5-8,11-14,19-20,22,25H,1,3-4,9-10,15-18H2. The van der Waals surface area contributed by atoms with Crippen molar-refractivity contribution >= 4 is 13.9 Å². The molecule has 0 aromatic heterocycles. The number of hydrogen-bond acceptors (Lipinski definition) is 0. The number of hydrogen-bond donors (Lipinski definition) is 0. The van der Waals surface area contributed by atoms with Gasteiger partial charge >= 0.3 is 0 Å². The highest BCUT2D eigenvalue weighted by Crippen LogP contribution is 2.42. The summed E-state index contributed by atoms with van der Waals surface area (Å²) in [5.41, 5.74) is 3.75. The summed E-state index contributed by atoms with van der Waals surface area (Å²) in [6, 6.07) is 20.0. The molecule has 1 atom stereocenters. The van der Waals surface area contributed by atoms with Gasteiger partial charge in [0.25, 0.3) is 0 Å². The third-order valence-corrected chi connectivity index (χ3v) is 8.19. The molecule has 2 aliphatic carbocycles. The Morgan fingerprint density at radius 1 is 0.600 bits per heavy atom. The number of rotatable bonds is 4. The van der Waals surface area contributed by atoms with Crippen LogP contribution in [0.1, 0.15) is 57.8 Å². The Morgan fingerprint density at radius 2 is 1.24 bits per heavy atom. The van der Waals surface area contributed by atoms with E-state index in [0.29, 0.717) is 0 Å². The van der Waals surface area contributed by atoms with Gasteiger partial charge in [-0.05, 0) is 59.6 Å². The van der Waals surface area contributed by atoms with E-state index in [4.69, 9.17) is 0 Å². The molecule has 2 aromatic carbocycles. The van der Waals surface area contributed by atoms with Gasteiger partial charge in [0.15, 0.2) is 0 Å². The molecule has 132 valence electrons. The topological polar surface area (TPSA) is 0 Å². The summed E-state index contributed by atoms with van der Waals surface area (Å²) < 4.78 is 0. The van der Waals surface area contributed by atoms with Crippen LogP contribution in [-0.4, -0.2) is 5.66 Å². The van der Waals surface area contributed by atoms with E-state index in [1.165, 1.54) is 68.9 Å². The Labute approximate surface area is 155 Å². The van der Waals surface area contributed by atoms with Crippen LogP contribution in [0.25, 0.3) is 11.1 Å². The minimum absolute atomic E-state index is 0.921. The zero-order valence-electron chi connectivity index (χ0n) is 15.3. The molecule has 0 nitrogen and oxygen atoms in total. The second-order valence-corrected chi connectivity index (χ2v) is 9.71. The Hall–Kier alpha value is -1.13. The highest BCUT2D eigenvalue weighted by Gasteiger charge is 2.28. The van der Waals surface area contributed by atoms with Crippen molar-refractivity contribution in [2.24, 2.45) is 11.8 Å². The molecule has 2 saturated carbocycles. The second kappa shape index (κ2) is 8.50. The molecule has 25 heavy (non-hydrogen) atoms. The van der Waals surface area contributed by atoms with E-state index < -0.39 is 0 Å². The van der Waals surface area contributed by atoms with Crippen molar-refractivity contribution in [1.82, 2.24) is 0 Å². The molecular formula is C24H31P. The zero-order chi connectivity index (χ0) is 16.9. The van der Waals surface area contributed by atoms with Crippen LogP contribution in [0.2, 0.25) is 0 Å². The molecule has 1 heteroatoms. The van der Waals surface area contributed by atoms with Crippen molar-refractivity contribution in [3.63, 3.8) is 0 Å². The van der Waals surface area contributed by atoms with Crippen molar-refractivity contribution in [3.8, 4) is 11.1 Å². The molecule has 2 fully saturated rings. The van der Waals surface area contributed by atoms with Gasteiger partial charge in [0.2, 0.25) is 0 Å². The van der Waals surface area contributed by atoms with Crippen LogP contribution in [0.5, 0.6) is 0 Å². The Bertz CT molecular complexity index is 649. The predicted molar refractivity (Wildman–Crippen MR) is 112 cm³/mol. The van der Waals surface area contributed by atoms with Crippen LogP contribution in [0, 0.1) is 11.8 Å². The minimum Gasteiger partial charge on any atom is -0.0865 e. The SMILES string of the molecule is c1ccc(-c2ccccc2PC2CCC(C3CCCCC3)CC2)cc1. The lowest BCUT2D eigenvalue weighted by molar-refractivity contribution is 0.198. The van der Waals surface area contributed by atoms with E-state index in [9.17, 15) is 0 Å². The van der Waals surface area contributed by atoms with Crippen LogP contribution < -0.4 is 5.30 Å². The quantitative estimate of drug-likeness (QED) is 0.532. The predicted octanol–water partition coefficient (Wildman–Crippen LogP) is 6.80. The fourth-order valence-corrected chi connectivity index (χ4v) is 6.68. The Balaban J connectivity index is 1.39. The van der Waals surface area contributed by atoms with Crippen LogP contribution in [0.3, 0.4) is 0 Å². The smallest absolute Gasteiger partial charge is 0.0110 e. The Kier molecular flexibility index (Phi) is 5.88. The summed E-state index contributed by atoms with van der Waals surface area (Å²) in [4.78, 5) is 0. The maximum Gasteiger partial charge on any atom is -0.0110 e. The summed E-state index contributed by atoms with van der Waals surface area (Å²) in [7, 11) is 0.977. The van der Waals surface area contributed by atoms with Gasteiger partial charge in [-0.25, -0.2) is 0 Å². The maximum atomic E-state index is 2.37. The van der Waals surface area contributed by atoms with Gasteiger partial charge < -0.3 is 0 Å². The van der Waals surface area contributed by atoms with Gasteiger partial charge in [0.1, 0.15) is 0 Å². The molecule has 0 radical (unpaired) electrons. The largest absolute Gasteiger partial charge is 0.0865 e. The first-order valence-corrected chi connectivity index (χ1v) is 11.4. The van der Waals surface area contributed by atoms with Crippen molar-refractivity contribution in [1.29, 1.82) is 0 Å². The molecule has 2 aromatic rings. The summed E-state index contributed by atoms with van der Waals surface area (Å²) >= 11 is 0. The number of benzene rings is 2. The monoisotopic (exact) mass is 350 g/mol. The molecule has 0 bridgehead atoms. The summed E-state index contributed by atoms with van der Waals surface area (Å²) in [5.74, 6) is 2.11. The highest BCUT2D eigenvalue weighted by molar-refractivity contribution is 7.48. The van der Waals surface area contributed by atoms with Gasteiger partial charge in [-0.2, -0.15) is 0 Å². The molecule has 0 saturated heterocycles. The van der Waals surface area contributed by atoms with E-state index in [1.807, 2.05) is 0 Å². The van der Waals surface area contributed by atoms with Gasteiger partial charge in [0, 0.05) is 0 Å². The summed E-state index contributed by atoms with van der Waals surface area (Å²) in [5, 5.41) is 1.58. The molecule has 1 unspecified atom stereocenters. The molecule has 2 aliphatic rings. The first-order valence-electron chi connectivity index (χ1n) is 10.3.